The molecule has 0 unspecified atom stereocenters. The van der Waals surface area contributed by atoms with Crippen LogP contribution in [0.3, 0.4) is 0 Å². The Hall–Kier alpha value is -3.22. The Balaban J connectivity index is 1.30. The van der Waals surface area contributed by atoms with E-state index in [0.29, 0.717) is 6.42 Å². The average Bonchev–Trinajstić information content (AvgIpc) is 3.36. The summed E-state index contributed by atoms with van der Waals surface area (Å²) in [5, 5.41) is 13.8. The molecular weight excluding hydrogens is 464 g/mol. The Morgan fingerprint density at radius 2 is 2.08 bits per heavy atom. The van der Waals surface area contributed by atoms with Crippen LogP contribution in [0.4, 0.5) is 5.69 Å². The highest BCUT2D eigenvalue weighted by Gasteiger charge is 2.23. The number of amides is 1. The second kappa shape index (κ2) is 11.2. The van der Waals surface area contributed by atoms with E-state index in [1.165, 1.54) is 36.9 Å². The summed E-state index contributed by atoms with van der Waals surface area (Å²) in [7, 11) is 0. The van der Waals surface area contributed by atoms with Crippen LogP contribution in [0.5, 0.6) is 0 Å². The molecule has 5 rings (SSSR count). The zero-order valence-corrected chi connectivity index (χ0v) is 21.9. The number of hydrogen-bond donors (Lipinski definition) is 2. The number of H-pyrrole nitrogens is 1. The Bertz CT molecular complexity index is 1350. The number of thiophene rings is 1. The average molecular weight is 499 g/mol. The molecule has 2 N–H and O–H groups in total. The highest BCUT2D eigenvalue weighted by atomic mass is 32.1. The minimum absolute atomic E-state index is 0.00361. The van der Waals surface area contributed by atoms with E-state index >= 15 is 0 Å². The maximum Gasteiger partial charge on any atom is 0.229 e. The van der Waals surface area contributed by atoms with Gasteiger partial charge in [0.2, 0.25) is 5.91 Å². The van der Waals surface area contributed by atoms with Crippen LogP contribution in [0.25, 0.3) is 23.1 Å². The van der Waals surface area contributed by atoms with Gasteiger partial charge >= 0.3 is 0 Å². The number of hydrogen-bond acceptors (Lipinski definition) is 4. The molecule has 0 saturated heterocycles. The second-order valence-electron chi connectivity index (χ2n) is 9.88. The first-order valence-electron chi connectivity index (χ1n) is 12.9. The number of rotatable bonds is 11. The van der Waals surface area contributed by atoms with Crippen molar-refractivity contribution in [2.75, 3.05) is 18.4 Å². The van der Waals surface area contributed by atoms with Crippen LogP contribution >= 0.6 is 11.3 Å². The number of aryl methyl sites for hydroxylation is 1. The van der Waals surface area contributed by atoms with E-state index in [4.69, 9.17) is 0 Å². The third kappa shape index (κ3) is 6.31. The van der Waals surface area contributed by atoms with E-state index in [2.05, 4.69) is 63.8 Å². The Kier molecular flexibility index (Phi) is 7.63. The van der Waals surface area contributed by atoms with Gasteiger partial charge < -0.3 is 5.32 Å². The largest absolute Gasteiger partial charge is 0.326 e. The number of fused-ring (bicyclic) bond motifs is 1. The summed E-state index contributed by atoms with van der Waals surface area (Å²) in [4.78, 5) is 16.2. The van der Waals surface area contributed by atoms with E-state index in [-0.39, 0.29) is 5.91 Å². The number of benzene rings is 2. The highest BCUT2D eigenvalue weighted by Crippen LogP contribution is 2.30. The molecule has 2 aromatic heterocycles. The quantitative estimate of drug-likeness (QED) is 0.236. The second-order valence-corrected chi connectivity index (χ2v) is 10.9. The normalized spacial score (nSPS) is 13.8. The van der Waals surface area contributed by atoms with Crippen molar-refractivity contribution in [3.05, 3.63) is 81.2 Å². The van der Waals surface area contributed by atoms with Gasteiger partial charge in [0.25, 0.3) is 0 Å². The van der Waals surface area contributed by atoms with Gasteiger partial charge in [0.15, 0.2) is 0 Å². The van der Waals surface area contributed by atoms with E-state index in [9.17, 15) is 4.79 Å². The summed E-state index contributed by atoms with van der Waals surface area (Å²) >= 11 is 1.60. The number of anilines is 1. The molecule has 0 atom stereocenters. The molecule has 0 spiro atoms. The molecule has 36 heavy (non-hydrogen) atoms. The monoisotopic (exact) mass is 498 g/mol. The van der Waals surface area contributed by atoms with Crippen LogP contribution in [0.2, 0.25) is 0 Å². The van der Waals surface area contributed by atoms with Gasteiger partial charge in [0, 0.05) is 29.0 Å². The topological polar surface area (TPSA) is 61.0 Å². The maximum atomic E-state index is 12.6. The molecule has 2 aromatic carbocycles. The predicted molar refractivity (Wildman–Crippen MR) is 151 cm³/mol. The van der Waals surface area contributed by atoms with Crippen LogP contribution < -0.4 is 5.32 Å². The van der Waals surface area contributed by atoms with Crippen LogP contribution in [0.15, 0.2) is 53.9 Å². The molecule has 186 valence electrons. The number of aromatic nitrogens is 2. The number of nitrogens with zero attached hydrogens (tertiary/aromatic N) is 2. The Labute approximate surface area is 217 Å². The Morgan fingerprint density at radius 3 is 2.86 bits per heavy atom. The lowest BCUT2D eigenvalue weighted by Crippen LogP contribution is -2.26. The summed E-state index contributed by atoms with van der Waals surface area (Å²) in [6.45, 7) is 7.65. The first-order valence-corrected chi connectivity index (χ1v) is 13.8. The van der Waals surface area contributed by atoms with E-state index in [1.54, 1.807) is 11.3 Å². The zero-order chi connectivity index (χ0) is 24.9. The lowest BCUT2D eigenvalue weighted by Gasteiger charge is -2.21. The predicted octanol–water partition coefficient (Wildman–Crippen LogP) is 6.91. The smallest absolute Gasteiger partial charge is 0.229 e. The van der Waals surface area contributed by atoms with Crippen LogP contribution in [0.1, 0.15) is 53.4 Å². The summed E-state index contributed by atoms with van der Waals surface area (Å²) in [6.07, 6.45) is 8.53. The summed E-state index contributed by atoms with van der Waals surface area (Å²) in [6, 6.07) is 16.8. The van der Waals surface area contributed by atoms with E-state index in [0.717, 1.165) is 51.7 Å². The van der Waals surface area contributed by atoms with Gasteiger partial charge in [-0.15, -0.1) is 11.3 Å². The Morgan fingerprint density at radius 1 is 1.19 bits per heavy atom. The van der Waals surface area contributed by atoms with Gasteiger partial charge in [-0.2, -0.15) is 5.10 Å². The van der Waals surface area contributed by atoms with Gasteiger partial charge in [0.1, 0.15) is 0 Å². The molecule has 1 aliphatic rings. The van der Waals surface area contributed by atoms with Crippen LogP contribution in [-0.4, -0.2) is 34.1 Å². The fourth-order valence-electron chi connectivity index (χ4n) is 4.67. The summed E-state index contributed by atoms with van der Waals surface area (Å²) in [5.41, 5.74) is 6.19. The SMILES string of the molecule is CCCN(Cc1cccc(/C=C/c2n[nH]c3cc(C)c(NC(=O)Cc4cccs4)cc23)c1)CC1CC1. The molecule has 2 heterocycles. The molecule has 0 radical (unpaired) electrons. The lowest BCUT2D eigenvalue weighted by molar-refractivity contribution is -0.115. The summed E-state index contributed by atoms with van der Waals surface area (Å²) < 4.78 is 0. The molecule has 0 bridgehead atoms. The van der Waals surface area contributed by atoms with Crippen molar-refractivity contribution in [1.82, 2.24) is 15.1 Å². The minimum Gasteiger partial charge on any atom is -0.326 e. The molecule has 1 saturated carbocycles. The maximum absolute atomic E-state index is 12.6. The molecule has 5 nitrogen and oxygen atoms in total. The van der Waals surface area contributed by atoms with Gasteiger partial charge in [-0.05, 0) is 85.0 Å². The third-order valence-corrected chi connectivity index (χ3v) is 7.55. The fourth-order valence-corrected chi connectivity index (χ4v) is 5.37. The molecule has 0 aliphatic heterocycles. The highest BCUT2D eigenvalue weighted by molar-refractivity contribution is 7.10. The number of nitrogens with one attached hydrogen (secondary N) is 2. The minimum atomic E-state index is -0.00361. The van der Waals surface area contributed by atoms with Crippen molar-refractivity contribution in [2.24, 2.45) is 5.92 Å². The van der Waals surface area contributed by atoms with Gasteiger partial charge in [-0.1, -0.05) is 43.3 Å². The van der Waals surface area contributed by atoms with E-state index in [1.807, 2.05) is 36.6 Å². The zero-order valence-electron chi connectivity index (χ0n) is 21.1. The van der Waals surface area contributed by atoms with Crippen molar-refractivity contribution in [2.45, 2.75) is 46.1 Å². The number of carbonyl (C=O) groups is 1. The lowest BCUT2D eigenvalue weighted by atomic mass is 10.1. The third-order valence-electron chi connectivity index (χ3n) is 6.67. The fraction of sp³-hybridized carbons (Fsp3) is 0.333. The van der Waals surface area contributed by atoms with Crippen LogP contribution in [-0.2, 0) is 17.8 Å². The first kappa shape index (κ1) is 24.5. The standard InChI is InChI=1S/C30H34N4OS/c1-3-13-34(19-23-9-10-23)20-24-7-4-6-22(16-24)11-12-27-26-18-28(21(2)15-29(26)33-32-27)31-30(35)17-25-8-5-14-36-25/h4-8,11-12,14-16,18,23H,3,9-10,13,17,19-20H2,1-2H3,(H,31,35)(H,32,33)/b12-11+. The molecule has 1 aliphatic carbocycles. The van der Waals surface area contributed by atoms with Crippen molar-refractivity contribution >= 4 is 46.0 Å². The molecular formula is C30H34N4OS. The molecule has 6 heteroatoms. The number of carbonyl (C=O) groups excluding carboxylic acids is 1. The number of aromatic amines is 1. The molecule has 4 aromatic rings. The molecule has 1 amide bonds. The molecule has 1 fully saturated rings. The van der Waals surface area contributed by atoms with Crippen molar-refractivity contribution in [1.29, 1.82) is 0 Å². The first-order chi connectivity index (χ1) is 17.6. The van der Waals surface area contributed by atoms with Gasteiger partial charge in [-0.25, -0.2) is 0 Å². The van der Waals surface area contributed by atoms with E-state index < -0.39 is 0 Å². The van der Waals surface area contributed by atoms with Crippen molar-refractivity contribution in [3.8, 4) is 0 Å². The van der Waals surface area contributed by atoms with Gasteiger partial charge in [-0.3, -0.25) is 14.8 Å². The van der Waals surface area contributed by atoms with Crippen LogP contribution in [0, 0.1) is 12.8 Å². The summed E-state index contributed by atoms with van der Waals surface area (Å²) in [5.74, 6) is 0.901. The van der Waals surface area contributed by atoms with Crippen molar-refractivity contribution < 1.29 is 4.79 Å². The van der Waals surface area contributed by atoms with Gasteiger partial charge in [0.05, 0.1) is 17.6 Å². The van der Waals surface area contributed by atoms with Crippen molar-refractivity contribution in [3.63, 3.8) is 0 Å².